The molecule has 0 unspecified atom stereocenters. The summed E-state index contributed by atoms with van der Waals surface area (Å²) in [6.07, 6.45) is 1.76. The third-order valence-electron chi connectivity index (χ3n) is 4.51. The molecule has 1 fully saturated rings. The summed E-state index contributed by atoms with van der Waals surface area (Å²) in [4.78, 5) is 12.4. The van der Waals surface area contributed by atoms with Gasteiger partial charge in [0.05, 0.1) is 16.5 Å². The maximum atomic E-state index is 11.9. The summed E-state index contributed by atoms with van der Waals surface area (Å²) in [5.74, 6) is 1.74. The molecule has 5 nitrogen and oxygen atoms in total. The maximum Gasteiger partial charge on any atom is 0.263 e. The molecule has 0 aliphatic carbocycles. The van der Waals surface area contributed by atoms with Crippen molar-refractivity contribution in [1.29, 1.82) is 0 Å². The van der Waals surface area contributed by atoms with E-state index in [1.807, 2.05) is 24.3 Å². The van der Waals surface area contributed by atoms with Gasteiger partial charge in [-0.05, 0) is 62.8 Å². The molecule has 3 rings (SSSR count). The number of carbonyl (C=O) groups excluding carboxylic acids is 1. The Hall–Kier alpha value is -2.03. The Balaban J connectivity index is 1.62. The largest absolute Gasteiger partial charge is 0.493 e. The van der Waals surface area contributed by atoms with Crippen molar-refractivity contribution in [3.8, 4) is 17.2 Å². The number of hydrogen-bond acceptors (Lipinski definition) is 6. The molecule has 1 heterocycles. The molecule has 31 heavy (non-hydrogen) atoms. The lowest BCUT2D eigenvalue weighted by atomic mass is 9.87. The highest BCUT2D eigenvalue weighted by Crippen LogP contribution is 2.38. The third kappa shape index (κ3) is 6.24. The van der Waals surface area contributed by atoms with E-state index in [-0.39, 0.29) is 11.3 Å². The average molecular weight is 522 g/mol. The van der Waals surface area contributed by atoms with E-state index < -0.39 is 0 Å². The predicted molar refractivity (Wildman–Crippen MR) is 133 cm³/mol. The van der Waals surface area contributed by atoms with Crippen molar-refractivity contribution in [2.24, 2.45) is 0 Å². The number of nitrogens with one attached hydrogen (secondary N) is 1. The van der Waals surface area contributed by atoms with Crippen LogP contribution >= 0.6 is 39.9 Å². The second kappa shape index (κ2) is 10.1. The van der Waals surface area contributed by atoms with Crippen LogP contribution in [-0.2, 0) is 10.2 Å². The van der Waals surface area contributed by atoms with Gasteiger partial charge in [-0.3, -0.25) is 4.79 Å². The van der Waals surface area contributed by atoms with Crippen molar-refractivity contribution >= 4 is 56.2 Å². The van der Waals surface area contributed by atoms with E-state index in [4.69, 9.17) is 26.4 Å². The smallest absolute Gasteiger partial charge is 0.263 e. The fourth-order valence-corrected chi connectivity index (χ4v) is 4.51. The van der Waals surface area contributed by atoms with Crippen LogP contribution in [0.4, 0.5) is 0 Å². The quantitative estimate of drug-likeness (QED) is 0.286. The molecule has 1 amide bonds. The minimum Gasteiger partial charge on any atom is -0.493 e. The lowest BCUT2D eigenvalue weighted by Crippen LogP contribution is -2.17. The van der Waals surface area contributed by atoms with Gasteiger partial charge < -0.3 is 19.5 Å². The minimum absolute atomic E-state index is 0.110. The average Bonchev–Trinajstić information content (AvgIpc) is 3.02. The number of rotatable bonds is 7. The minimum atomic E-state index is -0.196. The van der Waals surface area contributed by atoms with Gasteiger partial charge in [0.15, 0.2) is 11.5 Å². The van der Waals surface area contributed by atoms with Crippen molar-refractivity contribution in [3.63, 3.8) is 0 Å². The molecule has 0 aromatic heterocycles. The van der Waals surface area contributed by atoms with Crippen molar-refractivity contribution in [2.45, 2.75) is 26.2 Å². The van der Waals surface area contributed by atoms with Crippen LogP contribution in [0.5, 0.6) is 17.2 Å². The number of carbonyl (C=O) groups is 1. The molecule has 1 N–H and O–H groups in total. The van der Waals surface area contributed by atoms with E-state index in [0.29, 0.717) is 33.9 Å². The van der Waals surface area contributed by atoms with Gasteiger partial charge in [-0.1, -0.05) is 56.9 Å². The van der Waals surface area contributed by atoms with Crippen LogP contribution < -0.4 is 19.5 Å². The van der Waals surface area contributed by atoms with Gasteiger partial charge in [-0.25, -0.2) is 0 Å². The molecule has 0 bridgehead atoms. The molecule has 0 spiro atoms. The number of thioether (sulfide) groups is 1. The second-order valence-electron chi connectivity index (χ2n) is 7.86. The number of halogens is 1. The van der Waals surface area contributed by atoms with Crippen molar-refractivity contribution in [2.75, 3.05) is 20.3 Å². The highest BCUT2D eigenvalue weighted by Gasteiger charge is 2.22. The Bertz CT molecular complexity index is 1010. The van der Waals surface area contributed by atoms with Crippen molar-refractivity contribution in [1.82, 2.24) is 5.32 Å². The predicted octanol–water partition coefficient (Wildman–Crippen LogP) is 5.70. The highest BCUT2D eigenvalue weighted by atomic mass is 79.9. The number of thiocarbonyl (C=S) groups is 1. The molecular formula is C23H24BrNO4S2. The van der Waals surface area contributed by atoms with Crippen molar-refractivity contribution in [3.05, 3.63) is 56.9 Å². The van der Waals surface area contributed by atoms with E-state index in [9.17, 15) is 4.79 Å². The Morgan fingerprint density at radius 1 is 1.13 bits per heavy atom. The number of benzene rings is 2. The van der Waals surface area contributed by atoms with Crippen LogP contribution in [0.25, 0.3) is 6.08 Å². The topological polar surface area (TPSA) is 56.8 Å². The zero-order valence-corrected chi connectivity index (χ0v) is 21.0. The van der Waals surface area contributed by atoms with Gasteiger partial charge in [0.25, 0.3) is 5.91 Å². The number of methoxy groups -OCH3 is 1. The number of ether oxygens (including phenoxy) is 3. The summed E-state index contributed by atoms with van der Waals surface area (Å²) in [6, 6.07) is 11.8. The summed E-state index contributed by atoms with van der Waals surface area (Å²) < 4.78 is 18.3. The Labute approximate surface area is 200 Å². The summed E-state index contributed by atoms with van der Waals surface area (Å²) in [7, 11) is 1.57. The van der Waals surface area contributed by atoms with Crippen LogP contribution in [-0.4, -0.2) is 30.6 Å². The molecule has 164 valence electrons. The molecule has 0 atom stereocenters. The lowest BCUT2D eigenvalue weighted by molar-refractivity contribution is -0.115. The normalized spacial score (nSPS) is 15.2. The summed E-state index contributed by atoms with van der Waals surface area (Å²) >= 11 is 9.79. The van der Waals surface area contributed by atoms with E-state index in [0.717, 1.165) is 15.8 Å². The van der Waals surface area contributed by atoms with E-state index in [2.05, 4.69) is 54.2 Å². The molecule has 0 saturated carbocycles. The molecule has 1 saturated heterocycles. The maximum absolute atomic E-state index is 11.9. The first-order chi connectivity index (χ1) is 14.7. The zero-order chi connectivity index (χ0) is 22.6. The van der Waals surface area contributed by atoms with Gasteiger partial charge >= 0.3 is 0 Å². The summed E-state index contributed by atoms with van der Waals surface area (Å²) in [5, 5.41) is 2.61. The van der Waals surface area contributed by atoms with Gasteiger partial charge in [0, 0.05) is 0 Å². The van der Waals surface area contributed by atoms with E-state index >= 15 is 0 Å². The van der Waals surface area contributed by atoms with E-state index in [1.54, 1.807) is 13.2 Å². The van der Waals surface area contributed by atoms with Crippen LogP contribution in [0.1, 0.15) is 31.9 Å². The number of hydrogen-bond donors (Lipinski definition) is 1. The first kappa shape index (κ1) is 23.6. The first-order valence-corrected chi connectivity index (χ1v) is 11.7. The molecule has 2 aromatic carbocycles. The molecular weight excluding hydrogens is 498 g/mol. The molecule has 1 aliphatic heterocycles. The molecule has 1 aliphatic rings. The zero-order valence-electron chi connectivity index (χ0n) is 17.8. The van der Waals surface area contributed by atoms with Gasteiger partial charge in [-0.15, -0.1) is 0 Å². The highest BCUT2D eigenvalue weighted by molar-refractivity contribution is 9.10. The van der Waals surface area contributed by atoms with Crippen LogP contribution in [0.2, 0.25) is 0 Å². The van der Waals surface area contributed by atoms with Gasteiger partial charge in [-0.2, -0.15) is 0 Å². The van der Waals surface area contributed by atoms with Gasteiger partial charge in [0.1, 0.15) is 23.3 Å². The monoisotopic (exact) mass is 521 g/mol. The molecule has 2 aromatic rings. The summed E-state index contributed by atoms with van der Waals surface area (Å²) in [5.41, 5.74) is 2.17. The number of amides is 1. The van der Waals surface area contributed by atoms with Gasteiger partial charge in [0.2, 0.25) is 0 Å². The Morgan fingerprint density at radius 2 is 1.81 bits per heavy atom. The van der Waals surface area contributed by atoms with Crippen LogP contribution in [0.15, 0.2) is 45.8 Å². The standard InChI is InChI=1S/C23H24BrNO4S2/c1-23(2,3)15-5-7-16(8-6-15)28-9-10-29-20-17(24)11-14(12-18(20)27-4)13-19-21(26)25-22(30)31-19/h5-8,11-13H,9-10H2,1-4H3,(H,25,26,30). The molecule has 0 radical (unpaired) electrons. The van der Waals surface area contributed by atoms with Crippen LogP contribution in [0.3, 0.4) is 0 Å². The second-order valence-corrected chi connectivity index (χ2v) is 10.4. The third-order valence-corrected chi connectivity index (χ3v) is 6.26. The summed E-state index contributed by atoms with van der Waals surface area (Å²) in [6.45, 7) is 7.28. The molecule has 8 heteroatoms. The first-order valence-electron chi connectivity index (χ1n) is 9.66. The fraction of sp³-hybridized carbons (Fsp3) is 0.304. The SMILES string of the molecule is COc1cc(C=C2SC(=S)NC2=O)cc(Br)c1OCCOc1ccc(C(C)(C)C)cc1. The van der Waals surface area contributed by atoms with Crippen LogP contribution in [0, 0.1) is 0 Å². The lowest BCUT2D eigenvalue weighted by Gasteiger charge is -2.19. The fourth-order valence-electron chi connectivity index (χ4n) is 2.89. The van der Waals surface area contributed by atoms with E-state index in [1.165, 1.54) is 17.3 Å². The Kier molecular flexibility index (Phi) is 7.67. The Morgan fingerprint density at radius 3 is 2.39 bits per heavy atom. The van der Waals surface area contributed by atoms with Crippen molar-refractivity contribution < 1.29 is 19.0 Å².